The van der Waals surface area contributed by atoms with Gasteiger partial charge in [0, 0.05) is 36.5 Å². The van der Waals surface area contributed by atoms with Gasteiger partial charge in [-0.1, -0.05) is 11.6 Å². The van der Waals surface area contributed by atoms with Crippen LogP contribution in [0.2, 0.25) is 5.02 Å². The van der Waals surface area contributed by atoms with Gasteiger partial charge in [-0.15, -0.1) is 0 Å². The van der Waals surface area contributed by atoms with E-state index >= 15 is 0 Å². The van der Waals surface area contributed by atoms with Crippen LogP contribution >= 0.6 is 11.6 Å². The Labute approximate surface area is 145 Å². The van der Waals surface area contributed by atoms with E-state index in [1.165, 1.54) is 6.07 Å². The van der Waals surface area contributed by atoms with Crippen LogP contribution in [0.4, 0.5) is 4.39 Å². The number of hydrogen-bond donors (Lipinski definition) is 2. The molecule has 0 saturated heterocycles. The number of aromatic nitrogens is 2. The Morgan fingerprint density at radius 3 is 2.96 bits per heavy atom. The quantitative estimate of drug-likeness (QED) is 0.762. The lowest BCUT2D eigenvalue weighted by Gasteiger charge is -2.12. The molecule has 0 amide bonds. The van der Waals surface area contributed by atoms with Crippen molar-refractivity contribution in [3.05, 3.63) is 47.3 Å². The molecule has 0 aliphatic carbocycles. The van der Waals surface area contributed by atoms with E-state index in [9.17, 15) is 12.8 Å². The van der Waals surface area contributed by atoms with Gasteiger partial charge >= 0.3 is 0 Å². The van der Waals surface area contributed by atoms with Crippen molar-refractivity contribution in [3.63, 3.8) is 0 Å². The van der Waals surface area contributed by atoms with Gasteiger partial charge in [-0.2, -0.15) is 0 Å². The van der Waals surface area contributed by atoms with Crippen LogP contribution in [-0.2, 0) is 10.0 Å². The molecule has 2 N–H and O–H groups in total. The van der Waals surface area contributed by atoms with E-state index in [2.05, 4.69) is 26.5 Å². The molecular formula is C15H18ClFN4O2S. The van der Waals surface area contributed by atoms with Crippen LogP contribution in [0.1, 0.15) is 31.3 Å². The molecule has 1 aromatic heterocycles. The van der Waals surface area contributed by atoms with Crippen molar-refractivity contribution in [2.75, 3.05) is 13.1 Å². The molecular weight excluding hydrogens is 355 g/mol. The molecule has 2 unspecified atom stereocenters. The van der Waals surface area contributed by atoms with Crippen LogP contribution in [0, 0.1) is 5.82 Å². The first kappa shape index (κ1) is 17.3. The highest BCUT2D eigenvalue weighted by atomic mass is 35.5. The third-order valence-corrected chi connectivity index (χ3v) is 5.78. The van der Waals surface area contributed by atoms with Crippen molar-refractivity contribution < 1.29 is 12.8 Å². The summed E-state index contributed by atoms with van der Waals surface area (Å²) in [6.07, 6.45) is 4.60. The Kier molecular flexibility index (Phi) is 4.91. The zero-order valence-corrected chi connectivity index (χ0v) is 14.6. The molecule has 1 aromatic carbocycles. The maximum Gasteiger partial charge on any atom is 0.243 e. The lowest BCUT2D eigenvalue weighted by molar-refractivity contribution is 0.483. The van der Waals surface area contributed by atoms with Crippen LogP contribution in [0.15, 0.2) is 35.5 Å². The number of fused-ring (bicyclic) bond motifs is 1. The second-order valence-electron chi connectivity index (χ2n) is 5.76. The van der Waals surface area contributed by atoms with Crippen molar-refractivity contribution in [2.24, 2.45) is 0 Å². The number of benzene rings is 1. The number of imidazole rings is 1. The number of halogens is 2. The summed E-state index contributed by atoms with van der Waals surface area (Å²) >= 11 is 5.64. The molecule has 0 radical (unpaired) electrons. The number of nitrogens with zero attached hydrogens (tertiary/aromatic N) is 2. The number of sulfonamides is 1. The third-order valence-electron chi connectivity index (χ3n) is 4.05. The second kappa shape index (κ2) is 6.79. The first-order valence-electron chi connectivity index (χ1n) is 7.59. The number of hydrogen-bond acceptors (Lipinski definition) is 4. The van der Waals surface area contributed by atoms with E-state index in [4.69, 9.17) is 11.6 Å². The van der Waals surface area contributed by atoms with Gasteiger partial charge in [0.25, 0.3) is 0 Å². The minimum absolute atomic E-state index is 0.0896. The molecule has 2 aromatic rings. The highest BCUT2D eigenvalue weighted by Gasteiger charge is 2.28. The fourth-order valence-electron chi connectivity index (χ4n) is 2.90. The molecule has 1 aliphatic heterocycles. The topological polar surface area (TPSA) is 76.0 Å². The summed E-state index contributed by atoms with van der Waals surface area (Å²) in [4.78, 5) is 3.92. The summed E-state index contributed by atoms with van der Waals surface area (Å²) in [5.41, 5.74) is 0. The second-order valence-corrected chi connectivity index (χ2v) is 7.93. The SMILES string of the molecule is CC1CC(NCCNS(=O)(=O)c2ccc(Cl)cc2F)c2nccn21. The number of nitrogens with one attached hydrogen (secondary N) is 2. The van der Waals surface area contributed by atoms with Crippen LogP contribution in [0.25, 0.3) is 0 Å². The zero-order chi connectivity index (χ0) is 17.3. The van der Waals surface area contributed by atoms with Gasteiger partial charge in [-0.05, 0) is 31.5 Å². The summed E-state index contributed by atoms with van der Waals surface area (Å²) < 4.78 is 42.5. The first-order valence-corrected chi connectivity index (χ1v) is 9.45. The summed E-state index contributed by atoms with van der Waals surface area (Å²) in [5.74, 6) is 0.0868. The molecule has 0 spiro atoms. The maximum absolute atomic E-state index is 13.7. The predicted octanol–water partition coefficient (Wildman–Crippen LogP) is 2.25. The summed E-state index contributed by atoms with van der Waals surface area (Å²) in [6, 6.07) is 3.93. The Bertz CT molecular complexity index is 840. The van der Waals surface area contributed by atoms with E-state index in [-0.39, 0.29) is 17.6 Å². The van der Waals surface area contributed by atoms with Crippen molar-refractivity contribution in [3.8, 4) is 0 Å². The molecule has 130 valence electrons. The highest BCUT2D eigenvalue weighted by molar-refractivity contribution is 7.89. The van der Waals surface area contributed by atoms with Gasteiger partial charge < -0.3 is 9.88 Å². The standard InChI is InChI=1S/C15H18ClFN4O2S/c1-10-8-13(15-19-6-7-21(10)15)18-4-5-20-24(22,23)14-3-2-11(16)9-12(14)17/h2-3,6-7,9-10,13,18,20H,4-5,8H2,1H3. The van der Waals surface area contributed by atoms with E-state index in [0.29, 0.717) is 12.6 Å². The van der Waals surface area contributed by atoms with Crippen LogP contribution in [0.3, 0.4) is 0 Å². The van der Waals surface area contributed by atoms with E-state index in [0.717, 1.165) is 24.4 Å². The van der Waals surface area contributed by atoms with Crippen LogP contribution in [0.5, 0.6) is 0 Å². The third kappa shape index (κ3) is 3.46. The maximum atomic E-state index is 13.7. The molecule has 3 rings (SSSR count). The van der Waals surface area contributed by atoms with Crippen molar-refractivity contribution in [1.82, 2.24) is 19.6 Å². The van der Waals surface area contributed by atoms with Gasteiger partial charge in [-0.3, -0.25) is 0 Å². The Morgan fingerprint density at radius 2 is 2.21 bits per heavy atom. The van der Waals surface area contributed by atoms with Crippen molar-refractivity contribution >= 4 is 21.6 Å². The fourth-order valence-corrected chi connectivity index (χ4v) is 4.15. The van der Waals surface area contributed by atoms with Gasteiger partial charge in [-0.25, -0.2) is 22.5 Å². The van der Waals surface area contributed by atoms with E-state index in [1.807, 2.05) is 6.20 Å². The smallest absolute Gasteiger partial charge is 0.243 e. The lowest BCUT2D eigenvalue weighted by atomic mass is 10.2. The average molecular weight is 373 g/mol. The van der Waals surface area contributed by atoms with E-state index in [1.54, 1.807) is 6.20 Å². The van der Waals surface area contributed by atoms with Gasteiger partial charge in [0.2, 0.25) is 10.0 Å². The van der Waals surface area contributed by atoms with Crippen molar-refractivity contribution in [1.29, 1.82) is 0 Å². The Hall–Kier alpha value is -1.48. The monoisotopic (exact) mass is 372 g/mol. The molecule has 2 atom stereocenters. The normalized spacial score (nSPS) is 20.3. The summed E-state index contributed by atoms with van der Waals surface area (Å²) in [7, 11) is -3.91. The molecule has 24 heavy (non-hydrogen) atoms. The molecule has 0 fully saturated rings. The summed E-state index contributed by atoms with van der Waals surface area (Å²) in [6.45, 7) is 2.67. The van der Waals surface area contributed by atoms with E-state index < -0.39 is 20.7 Å². The predicted molar refractivity (Wildman–Crippen MR) is 88.9 cm³/mol. The molecule has 1 aliphatic rings. The number of rotatable bonds is 6. The van der Waals surface area contributed by atoms with Gasteiger partial charge in [0.1, 0.15) is 16.5 Å². The van der Waals surface area contributed by atoms with Gasteiger partial charge in [0.15, 0.2) is 0 Å². The van der Waals surface area contributed by atoms with Crippen LogP contribution < -0.4 is 10.0 Å². The van der Waals surface area contributed by atoms with Crippen molar-refractivity contribution in [2.45, 2.75) is 30.3 Å². The highest BCUT2D eigenvalue weighted by Crippen LogP contribution is 2.32. The minimum atomic E-state index is -3.91. The average Bonchev–Trinajstić information content (AvgIpc) is 3.08. The van der Waals surface area contributed by atoms with Gasteiger partial charge in [0.05, 0.1) is 6.04 Å². The first-order chi connectivity index (χ1) is 11.4. The molecule has 0 saturated carbocycles. The molecule has 6 nitrogen and oxygen atoms in total. The Morgan fingerprint density at radius 1 is 1.42 bits per heavy atom. The van der Waals surface area contributed by atoms with Crippen LogP contribution in [-0.4, -0.2) is 31.1 Å². The largest absolute Gasteiger partial charge is 0.331 e. The molecule has 9 heteroatoms. The molecule has 2 heterocycles. The minimum Gasteiger partial charge on any atom is -0.331 e. The molecule has 0 bridgehead atoms. The zero-order valence-electron chi connectivity index (χ0n) is 13.0. The Balaban J connectivity index is 1.55. The summed E-state index contributed by atoms with van der Waals surface area (Å²) in [5, 5.41) is 3.43. The lowest BCUT2D eigenvalue weighted by Crippen LogP contribution is -2.33. The fraction of sp³-hybridized carbons (Fsp3) is 0.400.